The van der Waals surface area contributed by atoms with Crippen molar-refractivity contribution in [3.8, 4) is 0 Å². The molecule has 0 heterocycles. The highest BCUT2D eigenvalue weighted by Gasteiger charge is 2.26. The van der Waals surface area contributed by atoms with Gasteiger partial charge in [-0.15, -0.1) is 0 Å². The number of hydrogen-bond acceptors (Lipinski definition) is 2. The van der Waals surface area contributed by atoms with Crippen LogP contribution in [-0.2, 0) is 4.79 Å². The van der Waals surface area contributed by atoms with Crippen LogP contribution in [0.3, 0.4) is 0 Å². The molecule has 2 N–H and O–H groups in total. The van der Waals surface area contributed by atoms with Gasteiger partial charge < -0.3 is 10.6 Å². The van der Waals surface area contributed by atoms with E-state index < -0.39 is 0 Å². The quantitative estimate of drug-likeness (QED) is 0.738. The van der Waals surface area contributed by atoms with E-state index in [0.717, 1.165) is 24.3 Å². The van der Waals surface area contributed by atoms with E-state index in [-0.39, 0.29) is 0 Å². The number of carbonyl (C=O) groups is 1. The molecule has 0 aromatic carbocycles. The SMILES string of the molecule is CNC1CCC(CC2CCC(NC=O)CC2)CC1. The average Bonchev–Trinajstić information content (AvgIpc) is 2.42. The molecule has 0 aromatic rings. The molecule has 0 radical (unpaired) electrons. The van der Waals surface area contributed by atoms with Gasteiger partial charge in [0, 0.05) is 12.1 Å². The Bertz CT molecular complexity index is 241. The average molecular weight is 252 g/mol. The van der Waals surface area contributed by atoms with Crippen molar-refractivity contribution >= 4 is 6.41 Å². The van der Waals surface area contributed by atoms with E-state index >= 15 is 0 Å². The van der Waals surface area contributed by atoms with Gasteiger partial charge in [-0.25, -0.2) is 0 Å². The molecule has 2 saturated carbocycles. The topological polar surface area (TPSA) is 41.1 Å². The second-order valence-electron chi connectivity index (χ2n) is 6.24. The van der Waals surface area contributed by atoms with E-state index in [9.17, 15) is 4.79 Å². The predicted octanol–water partition coefficient (Wildman–Crippen LogP) is 2.46. The summed E-state index contributed by atoms with van der Waals surface area (Å²) in [5.41, 5.74) is 0. The van der Waals surface area contributed by atoms with E-state index in [1.807, 2.05) is 0 Å². The Hall–Kier alpha value is -0.570. The van der Waals surface area contributed by atoms with Gasteiger partial charge in [0.05, 0.1) is 0 Å². The molecule has 2 aliphatic carbocycles. The van der Waals surface area contributed by atoms with Crippen molar-refractivity contribution in [2.24, 2.45) is 11.8 Å². The minimum absolute atomic E-state index is 0.457. The van der Waals surface area contributed by atoms with Crippen molar-refractivity contribution in [3.63, 3.8) is 0 Å². The highest BCUT2D eigenvalue weighted by Crippen LogP contribution is 2.35. The lowest BCUT2D eigenvalue weighted by Crippen LogP contribution is -2.33. The first kappa shape index (κ1) is 13.9. The molecule has 0 aliphatic heterocycles. The molecule has 0 atom stereocenters. The maximum atomic E-state index is 10.4. The second-order valence-corrected chi connectivity index (χ2v) is 6.24. The third kappa shape index (κ3) is 3.98. The molecule has 2 fully saturated rings. The Morgan fingerprint density at radius 1 is 0.889 bits per heavy atom. The molecule has 0 spiro atoms. The smallest absolute Gasteiger partial charge is 0.207 e. The third-order valence-corrected chi connectivity index (χ3v) is 5.07. The number of rotatable bonds is 5. The van der Waals surface area contributed by atoms with Crippen molar-refractivity contribution in [1.29, 1.82) is 0 Å². The summed E-state index contributed by atoms with van der Waals surface area (Å²) in [6.07, 6.45) is 12.9. The van der Waals surface area contributed by atoms with E-state index in [2.05, 4.69) is 17.7 Å². The molecule has 18 heavy (non-hydrogen) atoms. The molecule has 0 saturated heterocycles. The molecule has 2 aliphatic rings. The lowest BCUT2D eigenvalue weighted by Gasteiger charge is -2.34. The first-order valence-electron chi connectivity index (χ1n) is 7.68. The Kier molecular flexibility index (Phi) is 5.48. The fourth-order valence-corrected chi connectivity index (χ4v) is 3.82. The second kappa shape index (κ2) is 7.13. The molecule has 3 heteroatoms. The molecular formula is C15H28N2O. The number of hydrogen-bond donors (Lipinski definition) is 2. The van der Waals surface area contributed by atoms with Gasteiger partial charge in [0.2, 0.25) is 6.41 Å². The van der Waals surface area contributed by atoms with E-state index in [1.54, 1.807) is 0 Å². The third-order valence-electron chi connectivity index (χ3n) is 5.07. The monoisotopic (exact) mass is 252 g/mol. The number of nitrogens with one attached hydrogen (secondary N) is 2. The fourth-order valence-electron chi connectivity index (χ4n) is 3.82. The highest BCUT2D eigenvalue weighted by molar-refractivity contribution is 5.46. The van der Waals surface area contributed by atoms with Crippen LogP contribution in [0, 0.1) is 11.8 Å². The summed E-state index contributed by atoms with van der Waals surface area (Å²) in [4.78, 5) is 10.4. The van der Waals surface area contributed by atoms with Crippen LogP contribution in [0.1, 0.15) is 57.8 Å². The molecule has 0 aromatic heterocycles. The van der Waals surface area contributed by atoms with Crippen LogP contribution in [0.2, 0.25) is 0 Å². The normalized spacial score (nSPS) is 37.2. The molecule has 104 valence electrons. The zero-order valence-electron chi connectivity index (χ0n) is 11.7. The van der Waals surface area contributed by atoms with Crippen LogP contribution in [0.25, 0.3) is 0 Å². The van der Waals surface area contributed by atoms with Crippen molar-refractivity contribution in [1.82, 2.24) is 10.6 Å². The number of carbonyl (C=O) groups excluding carboxylic acids is 1. The molecular weight excluding hydrogens is 224 g/mol. The van der Waals surface area contributed by atoms with Gasteiger partial charge in [-0.2, -0.15) is 0 Å². The summed E-state index contributed by atoms with van der Waals surface area (Å²) in [5, 5.41) is 6.34. The summed E-state index contributed by atoms with van der Waals surface area (Å²) in [7, 11) is 2.09. The van der Waals surface area contributed by atoms with Crippen molar-refractivity contribution in [2.45, 2.75) is 69.9 Å². The van der Waals surface area contributed by atoms with E-state index in [4.69, 9.17) is 0 Å². The molecule has 2 rings (SSSR count). The fraction of sp³-hybridized carbons (Fsp3) is 0.933. The Morgan fingerprint density at radius 2 is 1.39 bits per heavy atom. The molecule has 0 bridgehead atoms. The van der Waals surface area contributed by atoms with Gasteiger partial charge in [0.25, 0.3) is 0 Å². The van der Waals surface area contributed by atoms with Crippen molar-refractivity contribution in [3.05, 3.63) is 0 Å². The zero-order chi connectivity index (χ0) is 12.8. The van der Waals surface area contributed by atoms with Gasteiger partial charge in [-0.1, -0.05) is 0 Å². The standard InChI is InChI=1S/C15H28N2O/c1-16-14-6-2-12(3-7-14)10-13-4-8-15(9-5-13)17-11-18/h11-16H,2-10H2,1H3,(H,17,18). The largest absolute Gasteiger partial charge is 0.356 e. The van der Waals surface area contributed by atoms with Crippen LogP contribution >= 0.6 is 0 Å². The van der Waals surface area contributed by atoms with Crippen LogP contribution in [0.15, 0.2) is 0 Å². The zero-order valence-corrected chi connectivity index (χ0v) is 11.7. The highest BCUT2D eigenvalue weighted by atomic mass is 16.1. The van der Waals surface area contributed by atoms with Crippen LogP contribution in [-0.4, -0.2) is 25.5 Å². The maximum Gasteiger partial charge on any atom is 0.207 e. The van der Waals surface area contributed by atoms with Crippen molar-refractivity contribution in [2.75, 3.05) is 7.05 Å². The van der Waals surface area contributed by atoms with Crippen LogP contribution in [0.5, 0.6) is 0 Å². The van der Waals surface area contributed by atoms with Gasteiger partial charge in [-0.05, 0) is 76.7 Å². The van der Waals surface area contributed by atoms with Gasteiger partial charge in [0.1, 0.15) is 0 Å². The first-order valence-corrected chi connectivity index (χ1v) is 7.68. The summed E-state index contributed by atoms with van der Waals surface area (Å²) < 4.78 is 0. The summed E-state index contributed by atoms with van der Waals surface area (Å²) in [5.74, 6) is 1.89. The summed E-state index contributed by atoms with van der Waals surface area (Å²) >= 11 is 0. The Morgan fingerprint density at radius 3 is 1.83 bits per heavy atom. The summed E-state index contributed by atoms with van der Waals surface area (Å²) in [6, 6.07) is 1.23. The molecule has 1 amide bonds. The van der Waals surface area contributed by atoms with Crippen molar-refractivity contribution < 1.29 is 4.79 Å². The minimum atomic E-state index is 0.457. The Balaban J connectivity index is 1.64. The number of amides is 1. The Labute approximate surface area is 111 Å². The maximum absolute atomic E-state index is 10.4. The molecule has 0 unspecified atom stereocenters. The van der Waals surface area contributed by atoms with Crippen LogP contribution in [0.4, 0.5) is 0 Å². The minimum Gasteiger partial charge on any atom is -0.356 e. The van der Waals surface area contributed by atoms with Gasteiger partial charge >= 0.3 is 0 Å². The summed E-state index contributed by atoms with van der Waals surface area (Å²) in [6.45, 7) is 0. The molecule has 3 nitrogen and oxygen atoms in total. The van der Waals surface area contributed by atoms with E-state index in [0.29, 0.717) is 6.04 Å². The van der Waals surface area contributed by atoms with Crippen LogP contribution < -0.4 is 10.6 Å². The van der Waals surface area contributed by atoms with E-state index in [1.165, 1.54) is 57.8 Å². The lowest BCUT2D eigenvalue weighted by molar-refractivity contribution is -0.110. The predicted molar refractivity (Wildman–Crippen MR) is 74.4 cm³/mol. The van der Waals surface area contributed by atoms with Gasteiger partial charge in [-0.3, -0.25) is 4.79 Å². The lowest BCUT2D eigenvalue weighted by atomic mass is 9.76. The van der Waals surface area contributed by atoms with Gasteiger partial charge in [0.15, 0.2) is 0 Å². The first-order chi connectivity index (χ1) is 8.81.